The van der Waals surface area contributed by atoms with Gasteiger partial charge < -0.3 is 15.4 Å². The molecule has 0 bridgehead atoms. The van der Waals surface area contributed by atoms with Gasteiger partial charge in [0.15, 0.2) is 0 Å². The Bertz CT molecular complexity index is 853. The second-order valence-corrected chi connectivity index (χ2v) is 7.20. The molecule has 2 aromatic rings. The lowest BCUT2D eigenvalue weighted by atomic mass is 10.1. The Hall–Kier alpha value is -2.53. The van der Waals surface area contributed by atoms with Crippen LogP contribution in [0.2, 0.25) is 5.02 Å². The molecule has 0 aromatic heterocycles. The second-order valence-electron chi connectivity index (χ2n) is 6.79. The van der Waals surface area contributed by atoms with Gasteiger partial charge in [-0.3, -0.25) is 9.59 Å². The van der Waals surface area contributed by atoms with Crippen LogP contribution in [-0.4, -0.2) is 25.5 Å². The average molecular weight is 387 g/mol. The van der Waals surface area contributed by atoms with Gasteiger partial charge in [-0.25, -0.2) is 0 Å². The van der Waals surface area contributed by atoms with E-state index in [0.29, 0.717) is 30.1 Å². The maximum Gasteiger partial charge on any atom is 0.228 e. The first-order valence-electron chi connectivity index (χ1n) is 8.95. The van der Waals surface area contributed by atoms with Crippen LogP contribution in [0.25, 0.3) is 0 Å². The summed E-state index contributed by atoms with van der Waals surface area (Å²) in [4.78, 5) is 24.6. The third kappa shape index (κ3) is 5.01. The molecule has 0 spiro atoms. The number of benzene rings is 2. The van der Waals surface area contributed by atoms with Crippen LogP contribution in [-0.2, 0) is 16.0 Å². The van der Waals surface area contributed by atoms with Gasteiger partial charge in [0.1, 0.15) is 5.75 Å². The van der Waals surface area contributed by atoms with Crippen molar-refractivity contribution in [2.24, 2.45) is 11.8 Å². The monoisotopic (exact) mass is 386 g/mol. The fraction of sp³-hybridized carbons (Fsp3) is 0.333. The summed E-state index contributed by atoms with van der Waals surface area (Å²) in [5, 5.41) is 6.36. The van der Waals surface area contributed by atoms with Crippen LogP contribution in [0.1, 0.15) is 17.5 Å². The Kier molecular flexibility index (Phi) is 6.01. The number of carbonyl (C=O) groups excluding carboxylic acids is 2. The van der Waals surface area contributed by atoms with E-state index in [-0.39, 0.29) is 23.7 Å². The first-order valence-corrected chi connectivity index (χ1v) is 9.33. The van der Waals surface area contributed by atoms with Crippen LogP contribution in [0, 0.1) is 18.8 Å². The molecule has 1 fully saturated rings. The van der Waals surface area contributed by atoms with Crippen molar-refractivity contribution in [2.45, 2.75) is 19.8 Å². The molecule has 1 aliphatic rings. The predicted molar refractivity (Wildman–Crippen MR) is 106 cm³/mol. The second kappa shape index (κ2) is 8.44. The summed E-state index contributed by atoms with van der Waals surface area (Å²) in [6.45, 7) is 2.44. The number of halogens is 1. The highest BCUT2D eigenvalue weighted by Crippen LogP contribution is 2.39. The molecule has 0 aliphatic heterocycles. The van der Waals surface area contributed by atoms with Crippen molar-refractivity contribution in [3.8, 4) is 5.75 Å². The van der Waals surface area contributed by atoms with Crippen molar-refractivity contribution < 1.29 is 14.3 Å². The molecule has 27 heavy (non-hydrogen) atoms. The zero-order valence-corrected chi connectivity index (χ0v) is 16.2. The van der Waals surface area contributed by atoms with Crippen molar-refractivity contribution in [2.75, 3.05) is 19.0 Å². The molecule has 2 amide bonds. The molecule has 6 heteroatoms. The maximum atomic E-state index is 12.3. The molecule has 2 atom stereocenters. The van der Waals surface area contributed by atoms with Gasteiger partial charge in [-0.2, -0.15) is 0 Å². The van der Waals surface area contributed by atoms with Gasteiger partial charge in [-0.15, -0.1) is 0 Å². The summed E-state index contributed by atoms with van der Waals surface area (Å²) in [7, 11) is 1.63. The third-order valence-electron chi connectivity index (χ3n) is 4.75. The number of hydrogen-bond acceptors (Lipinski definition) is 3. The topological polar surface area (TPSA) is 67.4 Å². The molecule has 0 radical (unpaired) electrons. The van der Waals surface area contributed by atoms with Gasteiger partial charge in [-0.05, 0) is 55.2 Å². The van der Waals surface area contributed by atoms with Crippen molar-refractivity contribution in [3.05, 3.63) is 58.6 Å². The zero-order valence-electron chi connectivity index (χ0n) is 15.4. The highest BCUT2D eigenvalue weighted by molar-refractivity contribution is 6.31. The number of anilines is 1. The zero-order chi connectivity index (χ0) is 19.4. The van der Waals surface area contributed by atoms with E-state index < -0.39 is 0 Å². The lowest BCUT2D eigenvalue weighted by Gasteiger charge is -2.08. The number of carbonyl (C=O) groups is 2. The van der Waals surface area contributed by atoms with Crippen LogP contribution in [0.5, 0.6) is 5.75 Å². The van der Waals surface area contributed by atoms with E-state index >= 15 is 0 Å². The Labute approximate surface area is 164 Å². The SMILES string of the molecule is COc1cccc(CCNC(=O)C2CC2C(=O)Nc2ccc(C)c(Cl)c2)c1. The van der Waals surface area contributed by atoms with Gasteiger partial charge in [0, 0.05) is 17.3 Å². The van der Waals surface area contributed by atoms with Crippen molar-refractivity contribution in [1.82, 2.24) is 5.32 Å². The Morgan fingerprint density at radius 2 is 1.93 bits per heavy atom. The smallest absolute Gasteiger partial charge is 0.228 e. The summed E-state index contributed by atoms with van der Waals surface area (Å²) in [5.74, 6) is 0.0648. The Balaban J connectivity index is 1.44. The molecule has 0 heterocycles. The van der Waals surface area contributed by atoms with E-state index in [0.717, 1.165) is 16.9 Å². The molecule has 0 saturated heterocycles. The molecule has 3 rings (SSSR count). The maximum absolute atomic E-state index is 12.3. The van der Waals surface area contributed by atoms with Gasteiger partial charge in [0.05, 0.1) is 18.9 Å². The summed E-state index contributed by atoms with van der Waals surface area (Å²) >= 11 is 6.08. The van der Waals surface area contributed by atoms with Crippen LogP contribution >= 0.6 is 11.6 Å². The van der Waals surface area contributed by atoms with Gasteiger partial charge in [0.2, 0.25) is 11.8 Å². The number of hydrogen-bond donors (Lipinski definition) is 2. The van der Waals surface area contributed by atoms with Crippen molar-refractivity contribution in [3.63, 3.8) is 0 Å². The lowest BCUT2D eigenvalue weighted by Crippen LogP contribution is -2.29. The first-order chi connectivity index (χ1) is 13.0. The van der Waals surface area contributed by atoms with Gasteiger partial charge in [0.25, 0.3) is 0 Å². The third-order valence-corrected chi connectivity index (χ3v) is 5.16. The Morgan fingerprint density at radius 1 is 1.15 bits per heavy atom. The summed E-state index contributed by atoms with van der Waals surface area (Å²) < 4.78 is 5.19. The van der Waals surface area contributed by atoms with Crippen molar-refractivity contribution in [1.29, 1.82) is 0 Å². The van der Waals surface area contributed by atoms with Crippen molar-refractivity contribution >= 4 is 29.1 Å². The van der Waals surface area contributed by atoms with Crippen LogP contribution in [0.3, 0.4) is 0 Å². The standard InChI is InChI=1S/C21H23ClN2O3/c1-13-6-7-15(11-19(13)22)24-21(26)18-12-17(18)20(25)23-9-8-14-4-3-5-16(10-14)27-2/h3-7,10-11,17-18H,8-9,12H2,1-2H3,(H,23,25)(H,24,26). The quantitative estimate of drug-likeness (QED) is 0.764. The number of aryl methyl sites for hydroxylation is 1. The van der Waals surface area contributed by atoms with Crippen LogP contribution in [0.4, 0.5) is 5.69 Å². The highest BCUT2D eigenvalue weighted by atomic mass is 35.5. The molecular formula is C21H23ClN2O3. The molecule has 5 nitrogen and oxygen atoms in total. The fourth-order valence-electron chi connectivity index (χ4n) is 2.97. The minimum atomic E-state index is -0.276. The van der Waals surface area contributed by atoms with Gasteiger partial charge >= 0.3 is 0 Å². The van der Waals surface area contributed by atoms with E-state index in [2.05, 4.69) is 10.6 Å². The van der Waals surface area contributed by atoms with Gasteiger partial charge in [-0.1, -0.05) is 29.8 Å². The van der Waals surface area contributed by atoms with Crippen LogP contribution in [0.15, 0.2) is 42.5 Å². The molecule has 1 saturated carbocycles. The first kappa shape index (κ1) is 19.2. The van der Waals surface area contributed by atoms with Crippen LogP contribution < -0.4 is 15.4 Å². The summed E-state index contributed by atoms with van der Waals surface area (Å²) in [6, 6.07) is 13.1. The van der Waals surface area contributed by atoms with E-state index in [4.69, 9.17) is 16.3 Å². The summed E-state index contributed by atoms with van der Waals surface area (Å²) in [6.07, 6.45) is 1.30. The number of ether oxygens (including phenoxy) is 1. The average Bonchev–Trinajstić information content (AvgIpc) is 3.46. The minimum absolute atomic E-state index is 0.0695. The number of amides is 2. The van der Waals surface area contributed by atoms with E-state index in [9.17, 15) is 9.59 Å². The minimum Gasteiger partial charge on any atom is -0.497 e. The number of methoxy groups -OCH3 is 1. The number of rotatable bonds is 7. The molecular weight excluding hydrogens is 364 g/mol. The Morgan fingerprint density at radius 3 is 2.67 bits per heavy atom. The highest BCUT2D eigenvalue weighted by Gasteiger charge is 2.47. The van der Waals surface area contributed by atoms with E-state index in [1.807, 2.05) is 43.3 Å². The van der Waals surface area contributed by atoms with E-state index in [1.165, 1.54) is 0 Å². The summed E-state index contributed by atoms with van der Waals surface area (Å²) in [5.41, 5.74) is 2.70. The number of nitrogens with one attached hydrogen (secondary N) is 2. The fourth-order valence-corrected chi connectivity index (χ4v) is 3.15. The molecule has 2 aromatic carbocycles. The largest absolute Gasteiger partial charge is 0.497 e. The predicted octanol–water partition coefficient (Wildman–Crippen LogP) is 3.59. The molecule has 1 aliphatic carbocycles. The normalized spacial score (nSPS) is 17.9. The van der Waals surface area contributed by atoms with E-state index in [1.54, 1.807) is 13.2 Å². The lowest BCUT2D eigenvalue weighted by molar-refractivity contribution is -0.125. The molecule has 142 valence electrons. The molecule has 2 unspecified atom stereocenters. The molecule has 2 N–H and O–H groups in total.